The van der Waals surface area contributed by atoms with Crippen molar-refractivity contribution in [2.45, 2.75) is 64.0 Å². The molecule has 0 saturated heterocycles. The van der Waals surface area contributed by atoms with Crippen molar-refractivity contribution >= 4 is 17.8 Å². The smallest absolute Gasteiger partial charge is 0.329 e. The van der Waals surface area contributed by atoms with Gasteiger partial charge in [0.2, 0.25) is 5.91 Å². The molecule has 0 unspecified atom stereocenters. The predicted molar refractivity (Wildman–Crippen MR) is 104 cm³/mol. The Labute approximate surface area is 165 Å². The molecule has 1 aromatic carbocycles. The molecule has 1 aliphatic rings. The average Bonchev–Trinajstić information content (AvgIpc) is 3.14. The van der Waals surface area contributed by atoms with E-state index in [1.807, 2.05) is 6.92 Å². The number of carbonyl (C=O) groups excluding carboxylic acids is 3. The predicted octanol–water partition coefficient (Wildman–Crippen LogP) is 2.88. The van der Waals surface area contributed by atoms with Gasteiger partial charge in [0, 0.05) is 12.6 Å². The Morgan fingerprint density at radius 2 is 1.93 bits per heavy atom. The molecule has 0 fully saturated rings. The molecule has 2 rings (SSSR count). The van der Waals surface area contributed by atoms with Gasteiger partial charge < -0.3 is 20.5 Å². The van der Waals surface area contributed by atoms with Crippen molar-refractivity contribution in [1.29, 1.82) is 0 Å². The van der Waals surface area contributed by atoms with Crippen molar-refractivity contribution < 1.29 is 24.2 Å². The lowest BCUT2D eigenvalue weighted by atomic mass is 10.1. The van der Waals surface area contributed by atoms with Crippen molar-refractivity contribution in [1.82, 2.24) is 4.90 Å². The van der Waals surface area contributed by atoms with Gasteiger partial charge in [-0.1, -0.05) is 31.1 Å². The van der Waals surface area contributed by atoms with Gasteiger partial charge >= 0.3 is 5.97 Å². The Hall–Kier alpha value is -2.83. The Morgan fingerprint density at radius 1 is 1.21 bits per heavy atom. The summed E-state index contributed by atoms with van der Waals surface area (Å²) in [5.41, 5.74) is 5.25. The Kier molecular flexibility index (Phi) is 8.04. The zero-order valence-corrected chi connectivity index (χ0v) is 16.2. The fraction of sp³-hybridized carbons (Fsp3) is 0.476. The van der Waals surface area contributed by atoms with Gasteiger partial charge in [0.15, 0.2) is 0 Å². The molecule has 0 spiro atoms. The first-order chi connectivity index (χ1) is 13.4. The monoisotopic (exact) mass is 388 g/mol. The highest BCUT2D eigenvalue weighted by molar-refractivity contribution is 6.00. The number of aromatic hydroxyl groups is 1. The number of hydrogen-bond acceptors (Lipinski definition) is 5. The lowest BCUT2D eigenvalue weighted by molar-refractivity contribution is -0.152. The molecule has 1 heterocycles. The molecule has 28 heavy (non-hydrogen) atoms. The van der Waals surface area contributed by atoms with Crippen LogP contribution in [-0.2, 0) is 14.3 Å². The number of benzene rings is 1. The average molecular weight is 388 g/mol. The summed E-state index contributed by atoms with van der Waals surface area (Å²) in [5.74, 6) is -1.29. The zero-order valence-electron chi connectivity index (χ0n) is 16.2. The molecule has 1 aromatic rings. The number of nitrogens with zero attached hydrogens (tertiary/aromatic N) is 1. The molecule has 0 bridgehead atoms. The topological polar surface area (TPSA) is 110 Å². The van der Waals surface area contributed by atoms with Crippen LogP contribution in [0, 0.1) is 0 Å². The maximum atomic E-state index is 12.7. The fourth-order valence-corrected chi connectivity index (χ4v) is 3.15. The highest BCUT2D eigenvalue weighted by atomic mass is 16.5. The van der Waals surface area contributed by atoms with E-state index in [9.17, 15) is 19.5 Å². The number of hydrogen-bond donors (Lipinski definition) is 2. The van der Waals surface area contributed by atoms with Crippen LogP contribution >= 0.6 is 0 Å². The normalized spacial score (nSPS) is 16.8. The number of para-hydroxylation sites is 1. The van der Waals surface area contributed by atoms with E-state index in [2.05, 4.69) is 0 Å². The van der Waals surface area contributed by atoms with Crippen LogP contribution in [-0.4, -0.2) is 39.9 Å². The molecule has 7 nitrogen and oxygen atoms in total. The van der Waals surface area contributed by atoms with Gasteiger partial charge in [0.25, 0.3) is 5.91 Å². The minimum atomic E-state index is -0.717. The van der Waals surface area contributed by atoms with Gasteiger partial charge in [-0.15, -0.1) is 0 Å². The number of nitrogens with two attached hydrogens (primary N) is 1. The highest BCUT2D eigenvalue weighted by Gasteiger charge is 2.34. The third-order valence-electron chi connectivity index (χ3n) is 4.70. The number of phenols is 1. The van der Waals surface area contributed by atoms with Crippen LogP contribution in [0.5, 0.6) is 5.75 Å². The molecule has 1 aliphatic heterocycles. The van der Waals surface area contributed by atoms with Crippen LogP contribution < -0.4 is 5.73 Å². The number of carbonyl (C=O) groups is 3. The van der Waals surface area contributed by atoms with E-state index in [0.717, 1.165) is 32.1 Å². The maximum Gasteiger partial charge on any atom is 0.329 e. The van der Waals surface area contributed by atoms with Gasteiger partial charge in [-0.05, 0) is 44.7 Å². The van der Waals surface area contributed by atoms with E-state index in [-0.39, 0.29) is 23.3 Å². The quantitative estimate of drug-likeness (QED) is 0.473. The number of ether oxygens (including phenoxy) is 1. The van der Waals surface area contributed by atoms with E-state index >= 15 is 0 Å². The molecule has 0 aromatic heterocycles. The van der Waals surface area contributed by atoms with Crippen LogP contribution in [0.15, 0.2) is 36.5 Å². The van der Waals surface area contributed by atoms with E-state index in [4.69, 9.17) is 10.5 Å². The largest absolute Gasteiger partial charge is 0.507 e. The molecule has 2 atom stereocenters. The van der Waals surface area contributed by atoms with Gasteiger partial charge in [-0.3, -0.25) is 9.59 Å². The standard InChI is InChI=1S/C21H28N2O5/c1-15(9-4-2-3-5-13-19(22)25)28-21(27)17-11-8-14-23(17)20(26)16-10-6-7-12-18(16)24/h6-8,10,12,14-15,17,24H,2-5,9,11,13H2,1H3,(H2,22,25)/t15-,17+/m1/s1. The Balaban J connectivity index is 1.80. The van der Waals surface area contributed by atoms with Gasteiger partial charge in [0.05, 0.1) is 11.7 Å². The molecule has 0 radical (unpaired) electrons. The van der Waals surface area contributed by atoms with Gasteiger partial charge in [-0.2, -0.15) is 0 Å². The lowest BCUT2D eigenvalue weighted by Crippen LogP contribution is -2.40. The highest BCUT2D eigenvalue weighted by Crippen LogP contribution is 2.24. The van der Waals surface area contributed by atoms with Gasteiger partial charge in [-0.25, -0.2) is 4.79 Å². The fourth-order valence-electron chi connectivity index (χ4n) is 3.15. The third kappa shape index (κ3) is 6.11. The number of amides is 2. The summed E-state index contributed by atoms with van der Waals surface area (Å²) in [7, 11) is 0. The summed E-state index contributed by atoms with van der Waals surface area (Å²) >= 11 is 0. The first-order valence-electron chi connectivity index (χ1n) is 9.66. The first kappa shape index (κ1) is 21.5. The summed E-state index contributed by atoms with van der Waals surface area (Å²) < 4.78 is 5.52. The number of phenolic OH excluding ortho intramolecular Hbond substituents is 1. The SMILES string of the molecule is C[C@H](CCCCCCC(N)=O)OC(=O)[C@@H]1CC=CN1C(=O)c1ccccc1O. The summed E-state index contributed by atoms with van der Waals surface area (Å²) in [6.07, 6.45) is 8.07. The summed E-state index contributed by atoms with van der Waals surface area (Å²) in [6.45, 7) is 1.83. The minimum Gasteiger partial charge on any atom is -0.507 e. The molecule has 0 saturated carbocycles. The molecule has 7 heteroatoms. The zero-order chi connectivity index (χ0) is 20.5. The molecule has 0 aliphatic carbocycles. The molecular weight excluding hydrogens is 360 g/mol. The first-order valence-corrected chi connectivity index (χ1v) is 9.66. The van der Waals surface area contributed by atoms with E-state index < -0.39 is 17.9 Å². The molecule has 3 N–H and O–H groups in total. The number of primary amides is 1. The second kappa shape index (κ2) is 10.5. The van der Waals surface area contributed by atoms with Crippen molar-refractivity contribution in [3.05, 3.63) is 42.1 Å². The second-order valence-corrected chi connectivity index (χ2v) is 7.03. The van der Waals surface area contributed by atoms with Crippen LogP contribution in [0.1, 0.15) is 62.2 Å². The Bertz CT molecular complexity index is 731. The van der Waals surface area contributed by atoms with Crippen molar-refractivity contribution in [2.75, 3.05) is 0 Å². The molecule has 2 amide bonds. The van der Waals surface area contributed by atoms with Crippen LogP contribution in [0.4, 0.5) is 0 Å². The van der Waals surface area contributed by atoms with E-state index in [1.54, 1.807) is 24.4 Å². The minimum absolute atomic E-state index is 0.121. The van der Waals surface area contributed by atoms with Crippen LogP contribution in [0.3, 0.4) is 0 Å². The number of unbranched alkanes of at least 4 members (excludes halogenated alkanes) is 3. The second-order valence-electron chi connectivity index (χ2n) is 7.03. The molecular formula is C21H28N2O5. The number of esters is 1. The number of rotatable bonds is 10. The lowest BCUT2D eigenvalue weighted by Gasteiger charge is -2.24. The molecule has 152 valence electrons. The third-order valence-corrected chi connectivity index (χ3v) is 4.70. The van der Waals surface area contributed by atoms with E-state index in [1.165, 1.54) is 17.0 Å². The van der Waals surface area contributed by atoms with E-state index in [0.29, 0.717) is 12.8 Å². The Morgan fingerprint density at radius 3 is 2.64 bits per heavy atom. The van der Waals surface area contributed by atoms with Crippen molar-refractivity contribution in [3.63, 3.8) is 0 Å². The summed E-state index contributed by atoms with van der Waals surface area (Å²) in [6, 6.07) is 5.53. The van der Waals surface area contributed by atoms with Crippen LogP contribution in [0.25, 0.3) is 0 Å². The van der Waals surface area contributed by atoms with Crippen molar-refractivity contribution in [2.24, 2.45) is 5.73 Å². The van der Waals surface area contributed by atoms with Crippen molar-refractivity contribution in [3.8, 4) is 5.75 Å². The maximum absolute atomic E-state index is 12.7. The summed E-state index contributed by atoms with van der Waals surface area (Å²) in [4.78, 5) is 37.2. The van der Waals surface area contributed by atoms with Crippen LogP contribution in [0.2, 0.25) is 0 Å². The summed E-state index contributed by atoms with van der Waals surface area (Å²) in [5, 5.41) is 9.89. The van der Waals surface area contributed by atoms with Gasteiger partial charge in [0.1, 0.15) is 11.8 Å².